The molecule has 0 aliphatic carbocycles. The van der Waals surface area contributed by atoms with Crippen LogP contribution in [0.4, 0.5) is 11.6 Å². The lowest BCUT2D eigenvalue weighted by molar-refractivity contribution is -0.124. The number of rotatable bonds is 6. The number of benzene rings is 3. The standard InChI is InChI=1S/C27H24N4O4/c32-25(28-19-10-11-23-24(16-19)35-15-14-34-23)17-22-26(33)30(13-12-18-6-2-1-3-7-18)27-29-20-8-4-5-9-21(20)31(22)27/h1-11,16,22H,12-15,17H2,(H,28,32). The van der Waals surface area contributed by atoms with E-state index in [2.05, 4.69) is 5.32 Å². The van der Waals surface area contributed by atoms with Crippen molar-refractivity contribution >= 4 is 34.5 Å². The predicted molar refractivity (Wildman–Crippen MR) is 132 cm³/mol. The SMILES string of the molecule is O=C(CC1C(=O)N(CCc2ccccc2)c2nc3ccccc3n21)Nc1ccc2c(c1)OCCO2. The second kappa shape index (κ2) is 8.79. The molecule has 6 rings (SSSR count). The molecule has 0 radical (unpaired) electrons. The number of carbonyl (C=O) groups excluding carboxylic acids is 2. The summed E-state index contributed by atoms with van der Waals surface area (Å²) in [6.45, 7) is 1.47. The molecule has 0 saturated heterocycles. The first-order valence-electron chi connectivity index (χ1n) is 11.7. The van der Waals surface area contributed by atoms with Crippen LogP contribution in [0.15, 0.2) is 72.8 Å². The number of nitrogens with one attached hydrogen (secondary N) is 1. The van der Waals surface area contributed by atoms with Gasteiger partial charge in [0, 0.05) is 18.3 Å². The zero-order valence-corrected chi connectivity index (χ0v) is 19.0. The Kier molecular flexibility index (Phi) is 5.33. The summed E-state index contributed by atoms with van der Waals surface area (Å²) in [6, 6.07) is 22.4. The van der Waals surface area contributed by atoms with Crippen LogP contribution in [0.1, 0.15) is 18.0 Å². The summed E-state index contributed by atoms with van der Waals surface area (Å²) < 4.78 is 13.0. The van der Waals surface area contributed by atoms with E-state index in [1.54, 1.807) is 23.1 Å². The lowest BCUT2D eigenvalue weighted by atomic mass is 10.1. The number of amides is 2. The maximum Gasteiger partial charge on any atom is 0.253 e. The molecular weight excluding hydrogens is 444 g/mol. The molecule has 2 aliphatic rings. The molecule has 1 unspecified atom stereocenters. The molecule has 4 aromatic rings. The van der Waals surface area contributed by atoms with Crippen LogP contribution in [0, 0.1) is 0 Å². The summed E-state index contributed by atoms with van der Waals surface area (Å²) in [5.41, 5.74) is 3.39. The van der Waals surface area contributed by atoms with Crippen LogP contribution in [0.3, 0.4) is 0 Å². The number of fused-ring (bicyclic) bond motifs is 4. The average molecular weight is 469 g/mol. The summed E-state index contributed by atoms with van der Waals surface area (Å²) in [4.78, 5) is 33.0. The number of ether oxygens (including phenoxy) is 2. The van der Waals surface area contributed by atoms with Gasteiger partial charge in [0.25, 0.3) is 5.91 Å². The van der Waals surface area contributed by atoms with Gasteiger partial charge in [-0.2, -0.15) is 0 Å². The number of hydrogen-bond donors (Lipinski definition) is 1. The molecule has 1 N–H and O–H groups in total. The van der Waals surface area contributed by atoms with Crippen molar-refractivity contribution in [2.75, 3.05) is 30.0 Å². The third-order valence-corrected chi connectivity index (χ3v) is 6.35. The van der Waals surface area contributed by atoms with Gasteiger partial charge < -0.3 is 14.8 Å². The van der Waals surface area contributed by atoms with Gasteiger partial charge >= 0.3 is 0 Å². The highest BCUT2D eigenvalue weighted by molar-refractivity contribution is 6.05. The monoisotopic (exact) mass is 468 g/mol. The summed E-state index contributed by atoms with van der Waals surface area (Å²) in [5.74, 6) is 1.47. The van der Waals surface area contributed by atoms with Crippen molar-refractivity contribution in [1.82, 2.24) is 9.55 Å². The second-order valence-electron chi connectivity index (χ2n) is 8.62. The molecule has 1 atom stereocenters. The fourth-order valence-corrected chi connectivity index (χ4v) is 4.70. The first-order chi connectivity index (χ1) is 17.2. The fourth-order valence-electron chi connectivity index (χ4n) is 4.70. The minimum absolute atomic E-state index is 0.00245. The van der Waals surface area contributed by atoms with Crippen molar-refractivity contribution in [3.8, 4) is 11.5 Å². The van der Waals surface area contributed by atoms with E-state index < -0.39 is 6.04 Å². The minimum atomic E-state index is -0.662. The number of imidazole rings is 1. The number of nitrogens with zero attached hydrogens (tertiary/aromatic N) is 3. The van der Waals surface area contributed by atoms with Crippen LogP contribution >= 0.6 is 0 Å². The van der Waals surface area contributed by atoms with Crippen LogP contribution < -0.4 is 19.7 Å². The largest absolute Gasteiger partial charge is 0.486 e. The average Bonchev–Trinajstić information content (AvgIpc) is 3.37. The summed E-state index contributed by atoms with van der Waals surface area (Å²) >= 11 is 0. The van der Waals surface area contributed by atoms with E-state index >= 15 is 0 Å². The first-order valence-corrected chi connectivity index (χ1v) is 11.7. The van der Waals surface area contributed by atoms with Gasteiger partial charge in [-0.15, -0.1) is 0 Å². The quantitative estimate of drug-likeness (QED) is 0.463. The van der Waals surface area contributed by atoms with E-state index in [1.807, 2.05) is 59.2 Å². The van der Waals surface area contributed by atoms with Gasteiger partial charge in [0.2, 0.25) is 11.9 Å². The van der Waals surface area contributed by atoms with Gasteiger partial charge in [0.15, 0.2) is 11.5 Å². The Hall–Kier alpha value is -4.33. The van der Waals surface area contributed by atoms with Crippen molar-refractivity contribution in [1.29, 1.82) is 0 Å². The Bertz CT molecular complexity index is 1420. The molecule has 0 saturated carbocycles. The van der Waals surface area contributed by atoms with Gasteiger partial charge in [-0.25, -0.2) is 4.98 Å². The van der Waals surface area contributed by atoms with Crippen LogP contribution in [0.5, 0.6) is 11.5 Å². The van der Waals surface area contributed by atoms with E-state index in [-0.39, 0.29) is 18.2 Å². The molecule has 2 amide bonds. The van der Waals surface area contributed by atoms with Crippen molar-refractivity contribution in [2.24, 2.45) is 0 Å². The maximum atomic E-state index is 13.5. The van der Waals surface area contributed by atoms with E-state index in [0.717, 1.165) is 16.6 Å². The zero-order valence-electron chi connectivity index (χ0n) is 19.0. The number of anilines is 2. The molecule has 1 aromatic heterocycles. The Morgan fingerprint density at radius 3 is 2.60 bits per heavy atom. The van der Waals surface area contributed by atoms with Crippen LogP contribution in [-0.2, 0) is 16.0 Å². The highest BCUT2D eigenvalue weighted by Crippen LogP contribution is 2.37. The summed E-state index contributed by atoms with van der Waals surface area (Å²) in [7, 11) is 0. The number of hydrogen-bond acceptors (Lipinski definition) is 5. The van der Waals surface area contributed by atoms with Crippen molar-refractivity contribution in [3.05, 3.63) is 78.4 Å². The van der Waals surface area contributed by atoms with Gasteiger partial charge in [-0.1, -0.05) is 42.5 Å². The van der Waals surface area contributed by atoms with Crippen molar-refractivity contribution in [3.63, 3.8) is 0 Å². The number of aromatic nitrogens is 2. The molecule has 176 valence electrons. The van der Waals surface area contributed by atoms with Gasteiger partial charge in [0.05, 0.1) is 17.5 Å². The molecule has 2 aliphatic heterocycles. The van der Waals surface area contributed by atoms with E-state index in [9.17, 15) is 9.59 Å². The molecule has 8 heteroatoms. The van der Waals surface area contributed by atoms with Gasteiger partial charge in [-0.3, -0.25) is 19.1 Å². The first kappa shape index (κ1) is 21.2. The molecule has 8 nitrogen and oxygen atoms in total. The molecule has 35 heavy (non-hydrogen) atoms. The van der Waals surface area contributed by atoms with Gasteiger partial charge in [0.1, 0.15) is 19.3 Å². The Morgan fingerprint density at radius 2 is 1.74 bits per heavy atom. The minimum Gasteiger partial charge on any atom is -0.486 e. The maximum absolute atomic E-state index is 13.5. The third kappa shape index (κ3) is 3.97. The van der Waals surface area contributed by atoms with Crippen LogP contribution in [0.2, 0.25) is 0 Å². The predicted octanol–water partition coefficient (Wildman–Crippen LogP) is 3.97. The van der Waals surface area contributed by atoms with Crippen molar-refractivity contribution in [2.45, 2.75) is 18.9 Å². The molecule has 3 heterocycles. The highest BCUT2D eigenvalue weighted by Gasteiger charge is 2.40. The summed E-state index contributed by atoms with van der Waals surface area (Å²) in [5, 5.41) is 2.90. The van der Waals surface area contributed by atoms with E-state index in [4.69, 9.17) is 14.5 Å². The molecule has 0 spiro atoms. The number of para-hydroxylation sites is 2. The van der Waals surface area contributed by atoms with Crippen LogP contribution in [-0.4, -0.2) is 41.1 Å². The van der Waals surface area contributed by atoms with Gasteiger partial charge in [-0.05, 0) is 36.2 Å². The van der Waals surface area contributed by atoms with Crippen molar-refractivity contribution < 1.29 is 19.1 Å². The topological polar surface area (TPSA) is 85.7 Å². The normalized spacial score (nSPS) is 16.4. The molecule has 3 aromatic carbocycles. The Labute approximate surface area is 202 Å². The zero-order chi connectivity index (χ0) is 23.8. The second-order valence-corrected chi connectivity index (χ2v) is 8.62. The Balaban J connectivity index is 1.25. The van der Waals surface area contributed by atoms with E-state index in [0.29, 0.717) is 49.3 Å². The molecule has 0 bridgehead atoms. The smallest absolute Gasteiger partial charge is 0.253 e. The third-order valence-electron chi connectivity index (χ3n) is 6.35. The summed E-state index contributed by atoms with van der Waals surface area (Å²) in [6.07, 6.45) is 0.703. The van der Waals surface area contributed by atoms with Crippen LogP contribution in [0.25, 0.3) is 11.0 Å². The van der Waals surface area contributed by atoms with E-state index in [1.165, 1.54) is 0 Å². The lowest BCUT2D eigenvalue weighted by Crippen LogP contribution is -2.33. The highest BCUT2D eigenvalue weighted by atomic mass is 16.6. The Morgan fingerprint density at radius 1 is 0.971 bits per heavy atom. The molecular formula is C27H24N4O4. The lowest BCUT2D eigenvalue weighted by Gasteiger charge is -2.19. The molecule has 0 fully saturated rings. The fraction of sp³-hybridized carbons (Fsp3) is 0.222. The number of carbonyl (C=O) groups is 2.